The highest BCUT2D eigenvalue weighted by atomic mass is 79.9. The molecule has 0 aliphatic rings. The van der Waals surface area contributed by atoms with Crippen LogP contribution in [0, 0.1) is 6.92 Å². The smallest absolute Gasteiger partial charge is 0.233 e. The van der Waals surface area contributed by atoms with Crippen LogP contribution in [0.2, 0.25) is 0 Å². The van der Waals surface area contributed by atoms with Crippen LogP contribution in [0.4, 0.5) is 26.3 Å². The van der Waals surface area contributed by atoms with Crippen LogP contribution in [0.25, 0.3) is 16.9 Å². The third-order valence-corrected chi connectivity index (χ3v) is 5.70. The largest absolute Gasteiger partial charge is 0.435 e. The molecule has 0 atom stereocenters. The van der Waals surface area contributed by atoms with E-state index in [1.165, 1.54) is 6.07 Å². The summed E-state index contributed by atoms with van der Waals surface area (Å²) in [6.07, 6.45) is -9.01. The van der Waals surface area contributed by atoms with Gasteiger partial charge in [-0.25, -0.2) is 4.68 Å². The van der Waals surface area contributed by atoms with Gasteiger partial charge in [0.05, 0.1) is 17.1 Å². The summed E-state index contributed by atoms with van der Waals surface area (Å²) in [5.74, 6) is -1.09. The summed E-state index contributed by atoms with van der Waals surface area (Å²) in [5, 5.41) is 3.68. The molecule has 0 bridgehead atoms. The normalized spacial score (nSPS) is 12.4. The summed E-state index contributed by atoms with van der Waals surface area (Å²) >= 11 is 3.86. The molecule has 2 aromatic carbocycles. The molecule has 154 valence electrons. The monoisotopic (exact) mass is 494 g/mol. The number of hydrogen-bond acceptors (Lipinski definition) is 2. The number of aryl methyl sites for hydroxylation is 1. The van der Waals surface area contributed by atoms with E-state index in [0.717, 1.165) is 15.2 Å². The van der Waals surface area contributed by atoms with Gasteiger partial charge >= 0.3 is 12.4 Å². The van der Waals surface area contributed by atoms with Crippen molar-refractivity contribution in [3.8, 4) is 16.9 Å². The number of rotatable bonds is 4. The van der Waals surface area contributed by atoms with Crippen molar-refractivity contribution in [3.63, 3.8) is 0 Å². The zero-order valence-electron chi connectivity index (χ0n) is 14.8. The molecule has 0 saturated heterocycles. The molecule has 0 N–H and O–H groups in total. The lowest BCUT2D eigenvalue weighted by molar-refractivity contribution is -0.141. The van der Waals surface area contributed by atoms with Gasteiger partial charge < -0.3 is 0 Å². The highest BCUT2D eigenvalue weighted by Gasteiger charge is 2.35. The number of hydrogen-bond donors (Lipinski definition) is 0. The molecule has 0 unspecified atom stereocenters. The minimum Gasteiger partial charge on any atom is -0.233 e. The van der Waals surface area contributed by atoms with Gasteiger partial charge in [-0.15, -0.1) is 11.8 Å². The molecular formula is C19H13BrF6N2S. The van der Waals surface area contributed by atoms with Crippen molar-refractivity contribution in [3.05, 3.63) is 64.3 Å². The molecule has 3 aromatic rings. The van der Waals surface area contributed by atoms with E-state index >= 15 is 0 Å². The molecule has 0 amide bonds. The van der Waals surface area contributed by atoms with E-state index in [1.807, 2.05) is 0 Å². The van der Waals surface area contributed by atoms with Gasteiger partial charge in [0.2, 0.25) is 0 Å². The van der Waals surface area contributed by atoms with Crippen LogP contribution in [0.3, 0.4) is 0 Å². The van der Waals surface area contributed by atoms with Crippen LogP contribution < -0.4 is 0 Å². The van der Waals surface area contributed by atoms with Crippen molar-refractivity contribution in [2.24, 2.45) is 0 Å². The first-order chi connectivity index (χ1) is 13.4. The summed E-state index contributed by atoms with van der Waals surface area (Å²) in [5.41, 5.74) is 0.387. The maximum atomic E-state index is 13.3. The van der Waals surface area contributed by atoms with Crippen molar-refractivity contribution in [2.75, 3.05) is 5.75 Å². The van der Waals surface area contributed by atoms with Crippen LogP contribution in [-0.4, -0.2) is 21.7 Å². The zero-order chi connectivity index (χ0) is 21.4. The van der Waals surface area contributed by atoms with Gasteiger partial charge in [0.1, 0.15) is 0 Å². The average Bonchev–Trinajstić information content (AvgIpc) is 3.07. The Kier molecular flexibility index (Phi) is 6.05. The van der Waals surface area contributed by atoms with Gasteiger partial charge in [-0.2, -0.15) is 31.4 Å². The first kappa shape index (κ1) is 21.8. The lowest BCUT2D eigenvalue weighted by atomic mass is 10.1. The minimum absolute atomic E-state index is 0.133. The maximum Gasteiger partial charge on any atom is 0.435 e. The number of alkyl halides is 6. The van der Waals surface area contributed by atoms with Crippen LogP contribution in [0.5, 0.6) is 0 Å². The third kappa shape index (κ3) is 5.36. The summed E-state index contributed by atoms with van der Waals surface area (Å²) < 4.78 is 79.4. The Morgan fingerprint density at radius 2 is 1.62 bits per heavy atom. The second-order valence-corrected chi connectivity index (χ2v) is 8.12. The van der Waals surface area contributed by atoms with Gasteiger partial charge in [-0.1, -0.05) is 28.1 Å². The van der Waals surface area contributed by atoms with Crippen molar-refractivity contribution < 1.29 is 26.3 Å². The third-order valence-electron chi connectivity index (χ3n) is 3.95. The molecule has 0 aliphatic carbocycles. The number of aromatic nitrogens is 2. The number of thioether (sulfide) groups is 1. The Hall–Kier alpha value is -1.94. The van der Waals surface area contributed by atoms with Crippen LogP contribution in [0.1, 0.15) is 11.3 Å². The van der Waals surface area contributed by atoms with E-state index in [2.05, 4.69) is 21.0 Å². The number of nitrogens with zero attached hydrogens (tertiary/aromatic N) is 2. The lowest BCUT2D eigenvalue weighted by Gasteiger charge is -2.12. The summed E-state index contributed by atoms with van der Waals surface area (Å²) in [7, 11) is 0. The molecule has 3 rings (SSSR count). The molecule has 0 saturated carbocycles. The molecule has 10 heteroatoms. The van der Waals surface area contributed by atoms with E-state index in [1.54, 1.807) is 43.3 Å². The van der Waals surface area contributed by atoms with Crippen LogP contribution >= 0.6 is 27.7 Å². The van der Waals surface area contributed by atoms with Crippen molar-refractivity contribution >= 4 is 27.7 Å². The summed E-state index contributed by atoms with van der Waals surface area (Å²) in [6, 6.07) is 12.0. The second kappa shape index (κ2) is 8.06. The van der Waals surface area contributed by atoms with E-state index in [0.29, 0.717) is 33.5 Å². The number of benzene rings is 2. The lowest BCUT2D eigenvalue weighted by Crippen LogP contribution is -2.10. The predicted molar refractivity (Wildman–Crippen MR) is 103 cm³/mol. The Bertz CT molecular complexity index is 1010. The van der Waals surface area contributed by atoms with Gasteiger partial charge in [0, 0.05) is 14.9 Å². The van der Waals surface area contributed by atoms with Crippen molar-refractivity contribution in [1.82, 2.24) is 9.78 Å². The summed E-state index contributed by atoms with van der Waals surface area (Å²) in [6.45, 7) is 1.65. The number of halogens is 7. The molecule has 1 heterocycles. The fourth-order valence-corrected chi connectivity index (χ4v) is 3.67. The highest BCUT2D eigenvalue weighted by molar-refractivity contribution is 9.10. The minimum atomic E-state index is -4.66. The molecule has 0 aliphatic heterocycles. The van der Waals surface area contributed by atoms with Gasteiger partial charge in [0.15, 0.2) is 5.69 Å². The van der Waals surface area contributed by atoms with Gasteiger partial charge in [0.25, 0.3) is 0 Å². The Balaban J connectivity index is 2.10. The zero-order valence-corrected chi connectivity index (χ0v) is 17.2. The molecule has 0 spiro atoms. The van der Waals surface area contributed by atoms with Crippen molar-refractivity contribution in [2.45, 2.75) is 24.2 Å². The molecular weight excluding hydrogens is 482 g/mol. The van der Waals surface area contributed by atoms with Crippen LogP contribution in [0.15, 0.2) is 57.9 Å². The molecule has 2 nitrogen and oxygen atoms in total. The average molecular weight is 495 g/mol. The van der Waals surface area contributed by atoms with E-state index < -0.39 is 23.8 Å². The first-order valence-electron chi connectivity index (χ1n) is 8.18. The van der Waals surface area contributed by atoms with E-state index in [4.69, 9.17) is 0 Å². The topological polar surface area (TPSA) is 17.8 Å². The Morgan fingerprint density at radius 3 is 2.21 bits per heavy atom. The van der Waals surface area contributed by atoms with E-state index in [9.17, 15) is 26.3 Å². The standard InChI is InChI=1S/C19H13BrF6N2S/c1-11-2-3-12(8-16(11)29-10-18(21,22)23)15-9-17(19(24,25)26)27-28(15)14-6-4-13(20)5-7-14/h2-9H,10H2,1H3. The molecule has 0 fully saturated rings. The van der Waals surface area contributed by atoms with Gasteiger partial charge in [-0.3, -0.25) is 0 Å². The second-order valence-electron chi connectivity index (χ2n) is 6.18. The summed E-state index contributed by atoms with van der Waals surface area (Å²) in [4.78, 5) is 0.344. The van der Waals surface area contributed by atoms with Crippen LogP contribution in [-0.2, 0) is 6.18 Å². The van der Waals surface area contributed by atoms with E-state index in [-0.39, 0.29) is 5.69 Å². The maximum absolute atomic E-state index is 13.3. The highest BCUT2D eigenvalue weighted by Crippen LogP contribution is 2.36. The SMILES string of the molecule is Cc1ccc(-c2cc(C(F)(F)F)nn2-c2ccc(Br)cc2)cc1SCC(F)(F)F. The Morgan fingerprint density at radius 1 is 0.966 bits per heavy atom. The first-order valence-corrected chi connectivity index (χ1v) is 9.96. The fourth-order valence-electron chi connectivity index (χ4n) is 2.58. The molecule has 1 aromatic heterocycles. The quantitative estimate of drug-likeness (QED) is 0.280. The molecule has 29 heavy (non-hydrogen) atoms. The molecule has 0 radical (unpaired) electrons. The Labute approximate surface area is 175 Å². The van der Waals surface area contributed by atoms with Gasteiger partial charge in [-0.05, 0) is 48.9 Å². The fraction of sp³-hybridized carbons (Fsp3) is 0.211. The van der Waals surface area contributed by atoms with Crippen molar-refractivity contribution in [1.29, 1.82) is 0 Å². The predicted octanol–water partition coefficient (Wildman–Crippen LogP) is 7.28.